The number of ketones is 1. The van der Waals surface area contributed by atoms with Crippen LogP contribution in [0.2, 0.25) is 10.3 Å². The summed E-state index contributed by atoms with van der Waals surface area (Å²) in [5.74, 6) is -1.79. The van der Waals surface area contributed by atoms with Crippen LogP contribution in [-0.2, 0) is 20.7 Å². The number of rotatable bonds is 2. The van der Waals surface area contributed by atoms with Gasteiger partial charge in [0.15, 0.2) is 10.3 Å². The van der Waals surface area contributed by atoms with E-state index in [9.17, 15) is 14.4 Å². The lowest BCUT2D eigenvalue weighted by atomic mass is 10.1. The van der Waals surface area contributed by atoms with E-state index in [0.717, 1.165) is 11.7 Å². The highest BCUT2D eigenvalue weighted by Gasteiger charge is 2.36. The molecule has 18 heavy (non-hydrogen) atoms. The molecule has 1 aliphatic rings. The lowest BCUT2D eigenvalue weighted by Gasteiger charge is -2.12. The standard InChI is InChI=1S/C10H8Cl2N2O4/c1-18-10(17)6(15)4-2-3-5-7(11)13-8(12)9(16)14(4)5/h4H,2-3H2,1H3. The van der Waals surface area contributed by atoms with Crippen molar-refractivity contribution in [2.75, 3.05) is 7.11 Å². The van der Waals surface area contributed by atoms with Gasteiger partial charge in [-0.05, 0) is 12.8 Å². The van der Waals surface area contributed by atoms with Crippen LogP contribution >= 0.6 is 23.2 Å². The van der Waals surface area contributed by atoms with Crippen LogP contribution < -0.4 is 5.56 Å². The molecule has 0 amide bonds. The minimum absolute atomic E-state index is 0.0692. The maximum atomic E-state index is 11.8. The van der Waals surface area contributed by atoms with Gasteiger partial charge in [-0.3, -0.25) is 14.2 Å². The molecule has 0 saturated heterocycles. The highest BCUT2D eigenvalue weighted by atomic mass is 35.5. The van der Waals surface area contributed by atoms with Gasteiger partial charge in [-0.25, -0.2) is 9.78 Å². The first-order valence-corrected chi connectivity index (χ1v) is 5.81. The molecule has 1 aliphatic heterocycles. The highest BCUT2D eigenvalue weighted by Crippen LogP contribution is 2.29. The number of nitrogens with zero attached hydrogens (tertiary/aromatic N) is 2. The van der Waals surface area contributed by atoms with Gasteiger partial charge in [0, 0.05) is 0 Å². The van der Waals surface area contributed by atoms with E-state index in [0.29, 0.717) is 18.5 Å². The fourth-order valence-electron chi connectivity index (χ4n) is 1.96. The second-order valence-corrected chi connectivity index (χ2v) is 4.44. The van der Waals surface area contributed by atoms with Crippen LogP contribution in [0.1, 0.15) is 18.2 Å². The number of Topliss-reactive ketones (excluding diaryl/α,β-unsaturated/α-hetero) is 1. The zero-order chi connectivity index (χ0) is 13.4. The zero-order valence-corrected chi connectivity index (χ0v) is 10.8. The summed E-state index contributed by atoms with van der Waals surface area (Å²) < 4.78 is 5.48. The molecule has 1 unspecified atom stereocenters. The van der Waals surface area contributed by atoms with E-state index >= 15 is 0 Å². The molecular weight excluding hydrogens is 283 g/mol. The SMILES string of the molecule is COC(=O)C(=O)C1CCc2c(Cl)nc(Cl)c(=O)n21. The van der Waals surface area contributed by atoms with Crippen molar-refractivity contribution in [1.29, 1.82) is 0 Å². The van der Waals surface area contributed by atoms with Gasteiger partial charge >= 0.3 is 5.97 Å². The molecule has 8 heteroatoms. The smallest absolute Gasteiger partial charge is 0.376 e. The molecule has 96 valence electrons. The first-order valence-electron chi connectivity index (χ1n) is 5.06. The summed E-state index contributed by atoms with van der Waals surface area (Å²) in [5, 5.41) is -0.256. The minimum atomic E-state index is -0.996. The number of methoxy groups -OCH3 is 1. The molecule has 2 rings (SSSR count). The van der Waals surface area contributed by atoms with Crippen molar-refractivity contribution in [3.05, 3.63) is 26.4 Å². The quantitative estimate of drug-likeness (QED) is 0.594. The number of carbonyl (C=O) groups excluding carboxylic acids is 2. The summed E-state index contributed by atoms with van der Waals surface area (Å²) in [4.78, 5) is 38.5. The van der Waals surface area contributed by atoms with E-state index < -0.39 is 23.4 Å². The minimum Gasteiger partial charge on any atom is -0.463 e. The predicted octanol–water partition coefficient (Wildman–Crippen LogP) is 0.779. The van der Waals surface area contributed by atoms with Crippen LogP contribution in [0.4, 0.5) is 0 Å². The summed E-state index contributed by atoms with van der Waals surface area (Å²) in [6, 6.07) is -0.919. The van der Waals surface area contributed by atoms with E-state index in [2.05, 4.69) is 9.72 Å². The van der Waals surface area contributed by atoms with Gasteiger partial charge in [0.2, 0.25) is 0 Å². The molecule has 0 aliphatic carbocycles. The Morgan fingerprint density at radius 3 is 2.67 bits per heavy atom. The van der Waals surface area contributed by atoms with Crippen molar-refractivity contribution < 1.29 is 14.3 Å². The number of aromatic nitrogens is 2. The van der Waals surface area contributed by atoms with Gasteiger partial charge in [0.25, 0.3) is 11.3 Å². The number of carbonyl (C=O) groups is 2. The van der Waals surface area contributed by atoms with Crippen LogP contribution in [0.15, 0.2) is 4.79 Å². The summed E-state index contributed by atoms with van der Waals surface area (Å²) in [5.41, 5.74) is -0.218. The lowest BCUT2D eigenvalue weighted by molar-refractivity contribution is -0.153. The molecule has 0 radical (unpaired) electrons. The lowest BCUT2D eigenvalue weighted by Crippen LogP contribution is -2.33. The van der Waals surface area contributed by atoms with E-state index in [1.165, 1.54) is 0 Å². The number of esters is 1. The fourth-order valence-corrected chi connectivity index (χ4v) is 2.45. The largest absolute Gasteiger partial charge is 0.463 e. The second kappa shape index (κ2) is 4.70. The van der Waals surface area contributed by atoms with Crippen molar-refractivity contribution in [3.8, 4) is 0 Å². The number of ether oxygens (including phenoxy) is 1. The Morgan fingerprint density at radius 2 is 2.06 bits per heavy atom. The van der Waals surface area contributed by atoms with Crippen molar-refractivity contribution in [2.24, 2.45) is 0 Å². The molecule has 0 aromatic carbocycles. The van der Waals surface area contributed by atoms with Gasteiger partial charge in [-0.2, -0.15) is 0 Å². The van der Waals surface area contributed by atoms with E-state index in [1.807, 2.05) is 0 Å². The molecule has 1 aromatic rings. The molecule has 1 aromatic heterocycles. The van der Waals surface area contributed by atoms with Crippen LogP contribution in [0.25, 0.3) is 0 Å². The van der Waals surface area contributed by atoms with Gasteiger partial charge in [-0.15, -0.1) is 0 Å². The molecule has 0 spiro atoms. The van der Waals surface area contributed by atoms with Crippen molar-refractivity contribution in [1.82, 2.24) is 9.55 Å². The Hall–Kier alpha value is -1.40. The van der Waals surface area contributed by atoms with Crippen LogP contribution in [0.3, 0.4) is 0 Å². The first-order chi connectivity index (χ1) is 8.47. The molecule has 2 heterocycles. The van der Waals surface area contributed by atoms with E-state index in [-0.39, 0.29) is 10.3 Å². The Kier molecular flexibility index (Phi) is 3.41. The third-order valence-electron chi connectivity index (χ3n) is 2.78. The van der Waals surface area contributed by atoms with Gasteiger partial charge in [-0.1, -0.05) is 23.2 Å². The summed E-state index contributed by atoms with van der Waals surface area (Å²) >= 11 is 11.5. The van der Waals surface area contributed by atoms with Crippen molar-refractivity contribution in [3.63, 3.8) is 0 Å². The third kappa shape index (κ3) is 1.91. The Bertz CT molecular complexity index is 596. The molecular formula is C10H8Cl2N2O4. The van der Waals surface area contributed by atoms with E-state index in [4.69, 9.17) is 23.2 Å². The maximum absolute atomic E-state index is 11.8. The second-order valence-electron chi connectivity index (χ2n) is 3.73. The highest BCUT2D eigenvalue weighted by molar-refractivity contribution is 6.35. The van der Waals surface area contributed by atoms with Crippen LogP contribution in [0, 0.1) is 0 Å². The van der Waals surface area contributed by atoms with Crippen molar-refractivity contribution >= 4 is 35.0 Å². The Labute approximate surface area is 111 Å². The zero-order valence-electron chi connectivity index (χ0n) is 9.27. The third-order valence-corrected chi connectivity index (χ3v) is 3.32. The first kappa shape index (κ1) is 13.0. The van der Waals surface area contributed by atoms with Gasteiger partial charge in [0.1, 0.15) is 6.04 Å². The monoisotopic (exact) mass is 290 g/mol. The molecule has 0 N–H and O–H groups in total. The number of fused-ring (bicyclic) bond motifs is 1. The molecule has 0 fully saturated rings. The normalized spacial score (nSPS) is 17.4. The fraction of sp³-hybridized carbons (Fsp3) is 0.400. The van der Waals surface area contributed by atoms with Crippen molar-refractivity contribution in [2.45, 2.75) is 18.9 Å². The molecule has 1 atom stereocenters. The average Bonchev–Trinajstić information content (AvgIpc) is 2.79. The van der Waals surface area contributed by atoms with Gasteiger partial charge < -0.3 is 4.74 Å². The van der Waals surface area contributed by atoms with Crippen LogP contribution in [-0.4, -0.2) is 28.4 Å². The molecule has 0 bridgehead atoms. The summed E-state index contributed by atoms with van der Waals surface area (Å²) in [6.07, 6.45) is 0.677. The number of hydrogen-bond acceptors (Lipinski definition) is 5. The van der Waals surface area contributed by atoms with Crippen LogP contribution in [0.5, 0.6) is 0 Å². The molecule has 0 saturated carbocycles. The van der Waals surface area contributed by atoms with E-state index in [1.54, 1.807) is 0 Å². The predicted molar refractivity (Wildman–Crippen MR) is 62.9 cm³/mol. The Morgan fingerprint density at radius 1 is 1.39 bits per heavy atom. The summed E-state index contributed by atoms with van der Waals surface area (Å²) in [7, 11) is 1.10. The number of halogens is 2. The summed E-state index contributed by atoms with van der Waals surface area (Å²) in [6.45, 7) is 0. The van der Waals surface area contributed by atoms with Gasteiger partial charge in [0.05, 0.1) is 12.8 Å². The topological polar surface area (TPSA) is 78.3 Å². The average molecular weight is 291 g/mol. The number of hydrogen-bond donors (Lipinski definition) is 0. The maximum Gasteiger partial charge on any atom is 0.376 e. The Balaban J connectivity index is 2.54. The molecule has 6 nitrogen and oxygen atoms in total.